The van der Waals surface area contributed by atoms with Crippen molar-refractivity contribution in [3.63, 3.8) is 0 Å². The lowest BCUT2D eigenvalue weighted by molar-refractivity contribution is -0.115. The number of anilines is 1. The third-order valence-electron chi connectivity index (χ3n) is 2.45. The van der Waals surface area contributed by atoms with E-state index in [9.17, 15) is 13.2 Å². The van der Waals surface area contributed by atoms with Crippen molar-refractivity contribution in [2.75, 3.05) is 26.0 Å². The van der Waals surface area contributed by atoms with Crippen LogP contribution in [0, 0.1) is 6.92 Å². The fourth-order valence-electron chi connectivity index (χ4n) is 1.51. The monoisotopic (exact) mass is 271 g/mol. The van der Waals surface area contributed by atoms with Crippen LogP contribution in [-0.2, 0) is 14.8 Å². The molecule has 0 heterocycles. The van der Waals surface area contributed by atoms with Crippen LogP contribution in [0.5, 0.6) is 0 Å². The molecule has 7 heteroatoms. The highest BCUT2D eigenvalue weighted by Crippen LogP contribution is 2.22. The molecule has 100 valence electrons. The number of likely N-dealkylation sites (N-methyl/N-ethyl adjacent to an activating group) is 1. The largest absolute Gasteiger partial charge is 0.325 e. The molecule has 0 aliphatic rings. The first kappa shape index (κ1) is 14.6. The van der Waals surface area contributed by atoms with Crippen LogP contribution in [0.15, 0.2) is 23.1 Å². The second kappa shape index (κ2) is 5.94. The van der Waals surface area contributed by atoms with E-state index in [2.05, 4.69) is 15.4 Å². The molecule has 1 rings (SSSR count). The van der Waals surface area contributed by atoms with Gasteiger partial charge in [-0.3, -0.25) is 4.79 Å². The molecule has 0 unspecified atom stereocenters. The molecule has 0 atom stereocenters. The first-order valence-electron chi connectivity index (χ1n) is 5.40. The lowest BCUT2D eigenvalue weighted by atomic mass is 10.2. The van der Waals surface area contributed by atoms with E-state index in [0.717, 1.165) is 0 Å². The van der Waals surface area contributed by atoms with E-state index in [1.807, 2.05) is 0 Å². The Morgan fingerprint density at radius 3 is 2.50 bits per heavy atom. The van der Waals surface area contributed by atoms with Crippen molar-refractivity contribution >= 4 is 21.6 Å². The second-order valence-corrected chi connectivity index (χ2v) is 5.57. The van der Waals surface area contributed by atoms with E-state index >= 15 is 0 Å². The zero-order valence-corrected chi connectivity index (χ0v) is 11.4. The number of carbonyl (C=O) groups is 1. The van der Waals surface area contributed by atoms with Gasteiger partial charge in [-0.15, -0.1) is 0 Å². The average Bonchev–Trinajstić information content (AvgIpc) is 2.32. The van der Waals surface area contributed by atoms with Gasteiger partial charge in [0.2, 0.25) is 15.9 Å². The van der Waals surface area contributed by atoms with Crippen LogP contribution in [-0.4, -0.2) is 35.0 Å². The van der Waals surface area contributed by atoms with Crippen LogP contribution in [0.3, 0.4) is 0 Å². The summed E-state index contributed by atoms with van der Waals surface area (Å²) < 4.78 is 25.7. The standard InChI is InChI=1S/C11H17N3O3S/c1-8-9(14-11(15)7-12-2)5-4-6-10(8)18(16,17)13-3/h4-6,12-13H,7H2,1-3H3,(H,14,15). The molecule has 3 N–H and O–H groups in total. The SMILES string of the molecule is CNCC(=O)Nc1cccc(S(=O)(=O)NC)c1C. The third-order valence-corrected chi connectivity index (χ3v) is 4.01. The maximum Gasteiger partial charge on any atom is 0.240 e. The van der Waals surface area contributed by atoms with Gasteiger partial charge in [0.1, 0.15) is 0 Å². The van der Waals surface area contributed by atoms with Gasteiger partial charge < -0.3 is 10.6 Å². The van der Waals surface area contributed by atoms with Gasteiger partial charge >= 0.3 is 0 Å². The molecular weight excluding hydrogens is 254 g/mol. The summed E-state index contributed by atoms with van der Waals surface area (Å²) in [5.41, 5.74) is 1.00. The maximum atomic E-state index is 11.7. The van der Waals surface area contributed by atoms with E-state index in [1.54, 1.807) is 26.1 Å². The van der Waals surface area contributed by atoms with Crippen LogP contribution < -0.4 is 15.4 Å². The smallest absolute Gasteiger partial charge is 0.240 e. The van der Waals surface area contributed by atoms with Crippen LogP contribution in [0.1, 0.15) is 5.56 Å². The third kappa shape index (κ3) is 3.28. The quantitative estimate of drug-likeness (QED) is 0.707. The topological polar surface area (TPSA) is 87.3 Å². The Bertz CT molecular complexity index is 540. The second-order valence-electron chi connectivity index (χ2n) is 3.71. The first-order chi connectivity index (χ1) is 8.42. The molecule has 0 spiro atoms. The van der Waals surface area contributed by atoms with Crippen LogP contribution in [0.4, 0.5) is 5.69 Å². The number of hydrogen-bond acceptors (Lipinski definition) is 4. The number of benzene rings is 1. The summed E-state index contributed by atoms with van der Waals surface area (Å²) in [7, 11) is -0.507. The van der Waals surface area contributed by atoms with Gasteiger partial charge in [0.25, 0.3) is 0 Å². The van der Waals surface area contributed by atoms with E-state index < -0.39 is 10.0 Å². The van der Waals surface area contributed by atoms with E-state index in [4.69, 9.17) is 0 Å². The highest BCUT2D eigenvalue weighted by molar-refractivity contribution is 7.89. The van der Waals surface area contributed by atoms with Crippen molar-refractivity contribution in [3.8, 4) is 0 Å². The number of amides is 1. The normalized spacial score (nSPS) is 11.3. The van der Waals surface area contributed by atoms with Crippen LogP contribution in [0.2, 0.25) is 0 Å². The summed E-state index contributed by atoms with van der Waals surface area (Å²) >= 11 is 0. The van der Waals surface area contributed by atoms with Crippen molar-refractivity contribution in [2.45, 2.75) is 11.8 Å². The lowest BCUT2D eigenvalue weighted by Gasteiger charge is -2.12. The van der Waals surface area contributed by atoms with Gasteiger partial charge in [0.15, 0.2) is 0 Å². The van der Waals surface area contributed by atoms with Crippen molar-refractivity contribution in [2.24, 2.45) is 0 Å². The first-order valence-corrected chi connectivity index (χ1v) is 6.88. The molecular formula is C11H17N3O3S. The van der Waals surface area contributed by atoms with Gasteiger partial charge in [0.05, 0.1) is 11.4 Å². The summed E-state index contributed by atoms with van der Waals surface area (Å²) in [6, 6.07) is 4.75. The molecule has 0 saturated heterocycles. The van der Waals surface area contributed by atoms with Crippen molar-refractivity contribution in [1.29, 1.82) is 0 Å². The van der Waals surface area contributed by atoms with Gasteiger partial charge in [-0.1, -0.05) is 6.07 Å². The Kier molecular flexibility index (Phi) is 4.83. The summed E-state index contributed by atoms with van der Waals surface area (Å²) in [6.07, 6.45) is 0. The predicted molar refractivity (Wildman–Crippen MR) is 70.0 cm³/mol. The Hall–Kier alpha value is -1.44. The molecule has 0 bridgehead atoms. The van der Waals surface area contributed by atoms with Crippen molar-refractivity contribution < 1.29 is 13.2 Å². The molecule has 1 aromatic rings. The number of hydrogen-bond donors (Lipinski definition) is 3. The van der Waals surface area contributed by atoms with E-state index in [-0.39, 0.29) is 17.3 Å². The van der Waals surface area contributed by atoms with Gasteiger partial charge in [-0.2, -0.15) is 0 Å². The van der Waals surface area contributed by atoms with Gasteiger partial charge in [-0.25, -0.2) is 13.1 Å². The molecule has 1 amide bonds. The minimum atomic E-state index is -3.52. The zero-order chi connectivity index (χ0) is 13.8. The number of carbonyl (C=O) groups excluding carboxylic acids is 1. The molecule has 0 radical (unpaired) electrons. The molecule has 0 aliphatic heterocycles. The summed E-state index contributed by atoms with van der Waals surface area (Å²) in [4.78, 5) is 11.6. The Morgan fingerprint density at radius 1 is 1.28 bits per heavy atom. The lowest BCUT2D eigenvalue weighted by Crippen LogP contribution is -2.26. The van der Waals surface area contributed by atoms with Crippen LogP contribution in [0.25, 0.3) is 0 Å². The number of rotatable bonds is 5. The highest BCUT2D eigenvalue weighted by atomic mass is 32.2. The zero-order valence-electron chi connectivity index (χ0n) is 10.6. The Labute approximate surface area is 107 Å². The molecule has 0 saturated carbocycles. The average molecular weight is 271 g/mol. The predicted octanol–water partition coefficient (Wildman–Crippen LogP) is 0.0610. The highest BCUT2D eigenvalue weighted by Gasteiger charge is 2.16. The molecule has 0 fully saturated rings. The molecule has 0 aliphatic carbocycles. The minimum Gasteiger partial charge on any atom is -0.325 e. The fraction of sp³-hybridized carbons (Fsp3) is 0.364. The van der Waals surface area contributed by atoms with Gasteiger partial charge in [0, 0.05) is 5.69 Å². The number of nitrogens with one attached hydrogen (secondary N) is 3. The molecule has 0 aromatic heterocycles. The Balaban J connectivity index is 3.11. The molecule has 18 heavy (non-hydrogen) atoms. The number of sulfonamides is 1. The maximum absolute atomic E-state index is 11.7. The summed E-state index contributed by atoms with van der Waals surface area (Å²) in [6.45, 7) is 1.82. The van der Waals surface area contributed by atoms with E-state index in [1.165, 1.54) is 13.1 Å². The van der Waals surface area contributed by atoms with E-state index in [0.29, 0.717) is 11.3 Å². The Morgan fingerprint density at radius 2 is 1.94 bits per heavy atom. The molecule has 1 aromatic carbocycles. The van der Waals surface area contributed by atoms with Crippen molar-refractivity contribution in [1.82, 2.24) is 10.0 Å². The minimum absolute atomic E-state index is 0.159. The fourth-order valence-corrected chi connectivity index (χ4v) is 2.50. The molecule has 6 nitrogen and oxygen atoms in total. The van der Waals surface area contributed by atoms with Crippen LogP contribution >= 0.6 is 0 Å². The van der Waals surface area contributed by atoms with Crippen molar-refractivity contribution in [3.05, 3.63) is 23.8 Å². The summed E-state index contributed by atoms with van der Waals surface area (Å²) in [5.74, 6) is -0.223. The van der Waals surface area contributed by atoms with Gasteiger partial charge in [-0.05, 0) is 38.7 Å². The summed E-state index contributed by atoms with van der Waals surface area (Å²) in [5, 5.41) is 5.37.